The van der Waals surface area contributed by atoms with Crippen molar-refractivity contribution in [1.29, 1.82) is 0 Å². The number of nitrogens with zero attached hydrogens (tertiary/aromatic N) is 1. The van der Waals surface area contributed by atoms with Gasteiger partial charge in [0.2, 0.25) is 0 Å². The summed E-state index contributed by atoms with van der Waals surface area (Å²) < 4.78 is 0. The van der Waals surface area contributed by atoms with Crippen LogP contribution >= 0.6 is 0 Å². The summed E-state index contributed by atoms with van der Waals surface area (Å²) in [5.41, 5.74) is 6.34. The van der Waals surface area contributed by atoms with E-state index in [2.05, 4.69) is 25.7 Å². The van der Waals surface area contributed by atoms with Crippen molar-refractivity contribution in [3.8, 4) is 0 Å². The molecule has 2 N–H and O–H groups in total. The first-order valence-electron chi connectivity index (χ1n) is 6.58. The van der Waals surface area contributed by atoms with Gasteiger partial charge in [0, 0.05) is 18.1 Å². The third-order valence-electron chi connectivity index (χ3n) is 3.58. The molecule has 0 bridgehead atoms. The maximum atomic E-state index is 6.33. The van der Waals surface area contributed by atoms with Crippen LogP contribution < -0.4 is 5.73 Å². The summed E-state index contributed by atoms with van der Waals surface area (Å²) in [7, 11) is 0. The van der Waals surface area contributed by atoms with Gasteiger partial charge in [-0.3, -0.25) is 4.90 Å². The van der Waals surface area contributed by atoms with Gasteiger partial charge < -0.3 is 5.73 Å². The van der Waals surface area contributed by atoms with Crippen LogP contribution in [0.1, 0.15) is 59.3 Å². The first-order chi connectivity index (χ1) is 7.05. The van der Waals surface area contributed by atoms with Gasteiger partial charge >= 0.3 is 0 Å². The lowest BCUT2D eigenvalue weighted by Crippen LogP contribution is -2.50. The maximum Gasteiger partial charge on any atom is 0.0254 e. The third-order valence-corrected chi connectivity index (χ3v) is 3.58. The Labute approximate surface area is 95.2 Å². The standard InChI is InChI=1S/C13H28N2/c1-4-9-13(3,14)11-15-10-7-5-6-8-12(15)2/h12H,4-11,14H2,1-3H3. The van der Waals surface area contributed by atoms with Crippen molar-refractivity contribution >= 4 is 0 Å². The summed E-state index contributed by atoms with van der Waals surface area (Å²) in [6.07, 6.45) is 7.82. The molecule has 0 aromatic rings. The Morgan fingerprint density at radius 1 is 1.33 bits per heavy atom. The fraction of sp³-hybridized carbons (Fsp3) is 1.00. The Hall–Kier alpha value is -0.0800. The average Bonchev–Trinajstić information content (AvgIpc) is 2.31. The molecule has 1 rings (SSSR count). The largest absolute Gasteiger partial charge is 0.324 e. The predicted molar refractivity (Wildman–Crippen MR) is 67.0 cm³/mol. The van der Waals surface area contributed by atoms with Gasteiger partial charge in [-0.05, 0) is 39.7 Å². The minimum atomic E-state index is 0.00729. The van der Waals surface area contributed by atoms with Gasteiger partial charge in [-0.25, -0.2) is 0 Å². The van der Waals surface area contributed by atoms with Crippen LogP contribution in [0.3, 0.4) is 0 Å². The lowest BCUT2D eigenvalue weighted by molar-refractivity contribution is 0.165. The Balaban J connectivity index is 2.46. The van der Waals surface area contributed by atoms with Crippen molar-refractivity contribution < 1.29 is 0 Å². The zero-order valence-corrected chi connectivity index (χ0v) is 10.8. The molecule has 0 aliphatic carbocycles. The fourth-order valence-corrected chi connectivity index (χ4v) is 2.68. The van der Waals surface area contributed by atoms with Crippen molar-refractivity contribution in [2.75, 3.05) is 13.1 Å². The molecule has 2 unspecified atom stereocenters. The smallest absolute Gasteiger partial charge is 0.0254 e. The SMILES string of the molecule is CCCC(C)(N)CN1CCCCCC1C. The Kier molecular flexibility index (Phi) is 5.07. The molecule has 1 aliphatic rings. The monoisotopic (exact) mass is 212 g/mol. The van der Waals surface area contributed by atoms with E-state index in [0.717, 1.165) is 19.0 Å². The number of hydrogen-bond acceptors (Lipinski definition) is 2. The van der Waals surface area contributed by atoms with E-state index in [4.69, 9.17) is 5.73 Å². The molecule has 0 radical (unpaired) electrons. The topological polar surface area (TPSA) is 29.3 Å². The normalized spacial score (nSPS) is 28.4. The van der Waals surface area contributed by atoms with Gasteiger partial charge in [0.05, 0.1) is 0 Å². The van der Waals surface area contributed by atoms with Gasteiger partial charge in [-0.1, -0.05) is 26.2 Å². The highest BCUT2D eigenvalue weighted by atomic mass is 15.2. The van der Waals surface area contributed by atoms with E-state index in [0.29, 0.717) is 0 Å². The molecule has 0 aromatic heterocycles. The Bertz CT molecular complexity index is 177. The van der Waals surface area contributed by atoms with Crippen LogP contribution in [0, 0.1) is 0 Å². The number of rotatable bonds is 4. The van der Waals surface area contributed by atoms with Gasteiger partial charge in [-0.2, -0.15) is 0 Å². The van der Waals surface area contributed by atoms with Gasteiger partial charge in [0.25, 0.3) is 0 Å². The van der Waals surface area contributed by atoms with E-state index in [1.807, 2.05) is 0 Å². The summed E-state index contributed by atoms with van der Waals surface area (Å²) >= 11 is 0. The van der Waals surface area contributed by atoms with Crippen molar-refractivity contribution in [3.05, 3.63) is 0 Å². The second-order valence-corrected chi connectivity index (χ2v) is 5.57. The molecule has 90 valence electrons. The van der Waals surface area contributed by atoms with Crippen LogP contribution in [0.15, 0.2) is 0 Å². The van der Waals surface area contributed by atoms with Gasteiger partial charge in [0.15, 0.2) is 0 Å². The molecule has 1 aliphatic heterocycles. The molecular formula is C13H28N2. The number of hydrogen-bond donors (Lipinski definition) is 1. The molecule has 0 amide bonds. The lowest BCUT2D eigenvalue weighted by atomic mass is 9.96. The molecule has 0 spiro atoms. The van der Waals surface area contributed by atoms with E-state index < -0.39 is 0 Å². The highest BCUT2D eigenvalue weighted by molar-refractivity contribution is 4.85. The zero-order valence-electron chi connectivity index (χ0n) is 10.8. The first kappa shape index (κ1) is 13.0. The Morgan fingerprint density at radius 3 is 2.73 bits per heavy atom. The molecule has 0 aromatic carbocycles. The molecule has 2 nitrogen and oxygen atoms in total. The summed E-state index contributed by atoms with van der Waals surface area (Å²) in [6, 6.07) is 0.729. The third kappa shape index (κ3) is 4.52. The van der Waals surface area contributed by atoms with Crippen LogP contribution in [0.4, 0.5) is 0 Å². The van der Waals surface area contributed by atoms with E-state index >= 15 is 0 Å². The highest BCUT2D eigenvalue weighted by Crippen LogP contribution is 2.19. The first-order valence-corrected chi connectivity index (χ1v) is 6.58. The van der Waals surface area contributed by atoms with Crippen LogP contribution in [0.2, 0.25) is 0 Å². The summed E-state index contributed by atoms with van der Waals surface area (Å²) in [5, 5.41) is 0. The highest BCUT2D eigenvalue weighted by Gasteiger charge is 2.25. The molecular weight excluding hydrogens is 184 g/mol. The van der Waals surface area contributed by atoms with Crippen LogP contribution in [0.25, 0.3) is 0 Å². The minimum Gasteiger partial charge on any atom is -0.324 e. The molecule has 1 heterocycles. The Morgan fingerprint density at radius 2 is 2.07 bits per heavy atom. The molecule has 15 heavy (non-hydrogen) atoms. The van der Waals surface area contributed by atoms with Crippen molar-refractivity contribution in [1.82, 2.24) is 4.90 Å². The van der Waals surface area contributed by atoms with Crippen molar-refractivity contribution in [2.24, 2.45) is 5.73 Å². The van der Waals surface area contributed by atoms with E-state index in [9.17, 15) is 0 Å². The summed E-state index contributed by atoms with van der Waals surface area (Å²) in [6.45, 7) is 9.10. The van der Waals surface area contributed by atoms with Crippen LogP contribution in [0.5, 0.6) is 0 Å². The lowest BCUT2D eigenvalue weighted by Gasteiger charge is -2.35. The maximum absolute atomic E-state index is 6.33. The fourth-order valence-electron chi connectivity index (χ4n) is 2.68. The van der Waals surface area contributed by atoms with E-state index in [1.54, 1.807) is 0 Å². The second-order valence-electron chi connectivity index (χ2n) is 5.57. The zero-order chi connectivity index (χ0) is 11.3. The second kappa shape index (κ2) is 5.86. The number of likely N-dealkylation sites (tertiary alicyclic amines) is 1. The molecule has 0 saturated carbocycles. The van der Waals surface area contributed by atoms with Crippen LogP contribution in [-0.2, 0) is 0 Å². The molecule has 1 fully saturated rings. The quantitative estimate of drug-likeness (QED) is 0.776. The molecule has 1 saturated heterocycles. The average molecular weight is 212 g/mol. The summed E-state index contributed by atoms with van der Waals surface area (Å²) in [5.74, 6) is 0. The van der Waals surface area contributed by atoms with E-state index in [1.165, 1.54) is 38.6 Å². The predicted octanol–water partition coefficient (Wildman–Crippen LogP) is 2.77. The van der Waals surface area contributed by atoms with Gasteiger partial charge in [-0.15, -0.1) is 0 Å². The molecule has 2 atom stereocenters. The van der Waals surface area contributed by atoms with Crippen molar-refractivity contribution in [2.45, 2.75) is 70.9 Å². The van der Waals surface area contributed by atoms with Crippen molar-refractivity contribution in [3.63, 3.8) is 0 Å². The van der Waals surface area contributed by atoms with Crippen LogP contribution in [-0.4, -0.2) is 29.6 Å². The van der Waals surface area contributed by atoms with E-state index in [-0.39, 0.29) is 5.54 Å². The molecule has 2 heteroatoms. The number of nitrogens with two attached hydrogens (primary N) is 1. The summed E-state index contributed by atoms with van der Waals surface area (Å²) in [4.78, 5) is 2.60. The minimum absolute atomic E-state index is 0.00729. The van der Waals surface area contributed by atoms with Gasteiger partial charge in [0.1, 0.15) is 0 Å².